The van der Waals surface area contributed by atoms with Crippen LogP contribution in [0.25, 0.3) is 0 Å². The van der Waals surface area contributed by atoms with Gasteiger partial charge < -0.3 is 19.7 Å². The Hall–Kier alpha value is -0.910. The van der Waals surface area contributed by atoms with Gasteiger partial charge in [-0.3, -0.25) is 0 Å². The van der Waals surface area contributed by atoms with E-state index in [1.165, 1.54) is 0 Å². The Morgan fingerprint density at radius 1 is 1.32 bits per heavy atom. The maximum Gasteiger partial charge on any atom is 0.332 e. The van der Waals surface area contributed by atoms with Gasteiger partial charge in [0.25, 0.3) is 0 Å². The molecule has 1 heterocycles. The van der Waals surface area contributed by atoms with E-state index in [-0.39, 0.29) is 28.8 Å². The summed E-state index contributed by atoms with van der Waals surface area (Å²) < 4.78 is 12.0. The molecule has 1 saturated heterocycles. The molecule has 1 aliphatic carbocycles. The fraction of sp³-hybridized carbons (Fsp3) is 0.870. The number of hydrogen-bond acceptors (Lipinski definition) is 5. The molecule has 2 aliphatic rings. The van der Waals surface area contributed by atoms with E-state index in [0.29, 0.717) is 13.0 Å². The minimum Gasteiger partial charge on any atom is -0.460 e. The minimum absolute atomic E-state index is 0.00456. The van der Waals surface area contributed by atoms with Crippen molar-refractivity contribution in [2.24, 2.45) is 28.1 Å². The monoisotopic (exact) mass is 396 g/mol. The van der Waals surface area contributed by atoms with Crippen LogP contribution in [0.2, 0.25) is 0 Å². The maximum absolute atomic E-state index is 12.0. The first-order chi connectivity index (χ1) is 13.0. The van der Waals surface area contributed by atoms with Crippen molar-refractivity contribution in [2.45, 2.75) is 85.5 Å². The molecule has 2 N–H and O–H groups in total. The summed E-state index contributed by atoms with van der Waals surface area (Å²) in [5.74, 6) is -0.480. The molecule has 1 aliphatic heterocycles. The summed E-state index contributed by atoms with van der Waals surface area (Å²) in [5.41, 5.74) is -1.19. The topological polar surface area (TPSA) is 76.0 Å². The first-order valence-electron chi connectivity index (χ1n) is 10.7. The van der Waals surface area contributed by atoms with Crippen LogP contribution in [0, 0.1) is 28.1 Å². The molecule has 2 fully saturated rings. The number of fused-ring (bicyclic) bond motifs is 1. The van der Waals surface area contributed by atoms with Gasteiger partial charge in [-0.2, -0.15) is 0 Å². The summed E-state index contributed by atoms with van der Waals surface area (Å²) in [7, 11) is 0. The number of unbranched alkanes of at least 4 members (excludes halogenated alkanes) is 1. The highest BCUT2D eigenvalue weighted by atomic mass is 16.6. The van der Waals surface area contributed by atoms with Gasteiger partial charge in [-0.15, -0.1) is 6.58 Å². The molecule has 2 unspecified atom stereocenters. The minimum atomic E-state index is -0.645. The Morgan fingerprint density at radius 3 is 2.50 bits per heavy atom. The number of aliphatic hydroxyl groups is 2. The Kier molecular flexibility index (Phi) is 7.05. The Bertz CT molecular complexity index is 573. The van der Waals surface area contributed by atoms with Crippen LogP contribution in [0.1, 0.15) is 67.2 Å². The molecule has 2 rings (SSSR count). The predicted molar refractivity (Wildman–Crippen MR) is 110 cm³/mol. The number of hydrogen-bond donors (Lipinski definition) is 2. The first-order valence-corrected chi connectivity index (χ1v) is 10.7. The van der Waals surface area contributed by atoms with Crippen LogP contribution in [0.4, 0.5) is 0 Å². The molecule has 5 heteroatoms. The molecule has 0 radical (unpaired) electrons. The lowest BCUT2D eigenvalue weighted by Crippen LogP contribution is -2.59. The van der Waals surface area contributed by atoms with E-state index in [2.05, 4.69) is 41.2 Å². The highest BCUT2D eigenvalue weighted by Gasteiger charge is 2.63. The van der Waals surface area contributed by atoms with Crippen LogP contribution in [0.3, 0.4) is 0 Å². The smallest absolute Gasteiger partial charge is 0.332 e. The van der Waals surface area contributed by atoms with E-state index in [4.69, 9.17) is 9.47 Å². The molecule has 0 aromatic heterocycles. The average Bonchev–Trinajstić information content (AvgIpc) is 3.01. The number of rotatable bonds is 6. The van der Waals surface area contributed by atoms with Crippen LogP contribution in [0.15, 0.2) is 12.7 Å². The Balaban J connectivity index is 2.63. The summed E-state index contributed by atoms with van der Waals surface area (Å²) in [5, 5.41) is 20.7. The zero-order chi connectivity index (χ0) is 21.3. The van der Waals surface area contributed by atoms with Gasteiger partial charge in [-0.1, -0.05) is 53.5 Å². The number of aliphatic hydroxyl groups excluding tert-OH is 2. The molecule has 1 saturated carbocycles. The van der Waals surface area contributed by atoms with Crippen molar-refractivity contribution in [3.8, 4) is 0 Å². The molecule has 162 valence electrons. The third-order valence-corrected chi connectivity index (χ3v) is 7.88. The van der Waals surface area contributed by atoms with Crippen molar-refractivity contribution >= 4 is 5.97 Å². The molecule has 0 aromatic rings. The van der Waals surface area contributed by atoms with Gasteiger partial charge in [0, 0.05) is 22.2 Å². The lowest BCUT2D eigenvalue weighted by atomic mass is 9.49. The molecule has 5 nitrogen and oxygen atoms in total. The van der Waals surface area contributed by atoms with Crippen molar-refractivity contribution in [3.05, 3.63) is 12.7 Å². The van der Waals surface area contributed by atoms with Gasteiger partial charge in [0.05, 0.1) is 18.8 Å². The lowest BCUT2D eigenvalue weighted by molar-refractivity contribution is -0.182. The molecule has 0 spiro atoms. The summed E-state index contributed by atoms with van der Waals surface area (Å²) in [6.07, 6.45) is 4.31. The highest BCUT2D eigenvalue weighted by molar-refractivity contribution is 5.70. The fourth-order valence-corrected chi connectivity index (χ4v) is 6.12. The van der Waals surface area contributed by atoms with Crippen molar-refractivity contribution < 1.29 is 24.5 Å². The third-order valence-electron chi connectivity index (χ3n) is 7.88. The van der Waals surface area contributed by atoms with Crippen molar-refractivity contribution in [2.75, 3.05) is 13.2 Å². The summed E-state index contributed by atoms with van der Waals surface area (Å²) in [6, 6.07) is 0. The second-order valence-corrected chi connectivity index (χ2v) is 9.94. The van der Waals surface area contributed by atoms with E-state index in [1.807, 2.05) is 6.92 Å². The standard InChI is InChI=1S/C23H40O5/c1-8-10-11-23-14-27-16(4)19(23)21(5,6)17(28-18(25)13-24)12-22(7,9-2)20(26)15(23)3/h9,15-17,19-20,24,26H,2,8,10-14H2,1,3-7H3/t15-,16?,17+,19?,20-,22+,23-/m0/s1. The molecule has 7 atom stereocenters. The van der Waals surface area contributed by atoms with E-state index in [1.54, 1.807) is 6.08 Å². The van der Waals surface area contributed by atoms with Crippen LogP contribution in [0.5, 0.6) is 0 Å². The Morgan fingerprint density at radius 2 is 1.96 bits per heavy atom. The lowest BCUT2D eigenvalue weighted by Gasteiger charge is -2.56. The summed E-state index contributed by atoms with van der Waals surface area (Å²) in [4.78, 5) is 12.0. The molecular weight excluding hydrogens is 356 g/mol. The van der Waals surface area contributed by atoms with Crippen LogP contribution in [-0.2, 0) is 14.3 Å². The Labute approximate surface area is 170 Å². The molecule has 0 amide bonds. The van der Waals surface area contributed by atoms with Crippen LogP contribution >= 0.6 is 0 Å². The summed E-state index contributed by atoms with van der Waals surface area (Å²) >= 11 is 0. The maximum atomic E-state index is 12.0. The van der Waals surface area contributed by atoms with E-state index < -0.39 is 30.2 Å². The molecule has 0 bridgehead atoms. The van der Waals surface area contributed by atoms with Crippen LogP contribution < -0.4 is 0 Å². The van der Waals surface area contributed by atoms with Gasteiger partial charge in [-0.25, -0.2) is 4.79 Å². The second kappa shape index (κ2) is 8.45. The number of ether oxygens (including phenoxy) is 2. The number of carbonyl (C=O) groups excluding carboxylic acids is 1. The third kappa shape index (κ3) is 3.78. The van der Waals surface area contributed by atoms with Gasteiger partial charge in [-0.05, 0) is 25.7 Å². The van der Waals surface area contributed by atoms with E-state index in [9.17, 15) is 15.0 Å². The number of esters is 1. The highest BCUT2D eigenvalue weighted by Crippen LogP contribution is 2.61. The second-order valence-electron chi connectivity index (χ2n) is 9.94. The van der Waals surface area contributed by atoms with E-state index >= 15 is 0 Å². The fourth-order valence-electron chi connectivity index (χ4n) is 6.12. The van der Waals surface area contributed by atoms with Gasteiger partial charge in [0.1, 0.15) is 12.7 Å². The molecule has 0 aromatic carbocycles. The summed E-state index contributed by atoms with van der Waals surface area (Å²) in [6.45, 7) is 16.7. The molecule has 28 heavy (non-hydrogen) atoms. The molecular formula is C23H40O5. The van der Waals surface area contributed by atoms with Gasteiger partial charge in [0.15, 0.2) is 0 Å². The number of carbonyl (C=O) groups is 1. The van der Waals surface area contributed by atoms with Gasteiger partial charge >= 0.3 is 5.97 Å². The quantitative estimate of drug-likeness (QED) is 0.529. The van der Waals surface area contributed by atoms with E-state index in [0.717, 1.165) is 19.3 Å². The largest absolute Gasteiger partial charge is 0.460 e. The van der Waals surface area contributed by atoms with Gasteiger partial charge in [0.2, 0.25) is 0 Å². The predicted octanol–water partition coefficient (Wildman–Crippen LogP) is 3.72. The first kappa shape index (κ1) is 23.4. The van der Waals surface area contributed by atoms with Crippen molar-refractivity contribution in [3.63, 3.8) is 0 Å². The SMILES string of the molecule is C=C[C@]1(C)C[C@@H](OC(=O)CO)C(C)(C)C2C(C)OC[C@@]2(CCCC)[C@@H](C)[C@@H]1O. The van der Waals surface area contributed by atoms with Crippen LogP contribution in [-0.4, -0.2) is 47.7 Å². The zero-order valence-electron chi connectivity index (χ0n) is 18.5. The van der Waals surface area contributed by atoms with Crippen molar-refractivity contribution in [1.82, 2.24) is 0 Å². The van der Waals surface area contributed by atoms with Crippen molar-refractivity contribution in [1.29, 1.82) is 0 Å². The average molecular weight is 397 g/mol. The zero-order valence-corrected chi connectivity index (χ0v) is 18.5. The normalized spacial score (nSPS) is 42.9.